The smallest absolute Gasteiger partial charge is 0.274 e. The summed E-state index contributed by atoms with van der Waals surface area (Å²) in [7, 11) is 0. The Morgan fingerprint density at radius 3 is 2.68 bits per heavy atom. The highest BCUT2D eigenvalue weighted by molar-refractivity contribution is 6.30. The molecule has 0 aliphatic rings. The second kappa shape index (κ2) is 5.61. The van der Waals surface area contributed by atoms with Crippen molar-refractivity contribution in [1.82, 2.24) is 9.66 Å². The predicted molar refractivity (Wildman–Crippen MR) is 86.5 cm³/mol. The highest BCUT2D eigenvalue weighted by Gasteiger charge is 2.13. The van der Waals surface area contributed by atoms with Gasteiger partial charge in [-0.2, -0.15) is 4.68 Å². The predicted octanol–water partition coefficient (Wildman–Crippen LogP) is 2.81. The molecule has 5 nitrogen and oxygen atoms in total. The van der Waals surface area contributed by atoms with Crippen LogP contribution in [0, 0.1) is 0 Å². The van der Waals surface area contributed by atoms with Crippen LogP contribution in [0.1, 0.15) is 6.92 Å². The highest BCUT2D eigenvalue weighted by atomic mass is 35.5. The molecule has 0 unspecified atom stereocenters. The number of aromatic nitrogens is 2. The Morgan fingerprint density at radius 2 is 1.95 bits per heavy atom. The molecule has 0 spiro atoms. The Balaban J connectivity index is 2.36. The molecule has 1 N–H and O–H groups in total. The first kappa shape index (κ1) is 14.3. The Hall–Kier alpha value is -2.66. The van der Waals surface area contributed by atoms with Gasteiger partial charge in [-0.1, -0.05) is 35.9 Å². The lowest BCUT2D eigenvalue weighted by molar-refractivity contribution is -0.115. The first-order valence-corrected chi connectivity index (χ1v) is 6.99. The van der Waals surface area contributed by atoms with E-state index in [1.165, 1.54) is 6.92 Å². The van der Waals surface area contributed by atoms with Crippen molar-refractivity contribution in [2.24, 2.45) is 0 Å². The lowest BCUT2D eigenvalue weighted by atomic mass is 10.2. The van der Waals surface area contributed by atoms with Gasteiger partial charge < -0.3 is 0 Å². The van der Waals surface area contributed by atoms with Crippen molar-refractivity contribution in [2.45, 2.75) is 6.92 Å². The first-order valence-electron chi connectivity index (χ1n) is 6.61. The second-order valence-corrected chi connectivity index (χ2v) is 5.21. The zero-order valence-corrected chi connectivity index (χ0v) is 12.5. The van der Waals surface area contributed by atoms with Gasteiger partial charge >= 0.3 is 0 Å². The molecule has 0 atom stereocenters. The van der Waals surface area contributed by atoms with Crippen LogP contribution in [0.4, 0.5) is 0 Å². The van der Waals surface area contributed by atoms with Gasteiger partial charge in [0, 0.05) is 17.5 Å². The molecule has 0 saturated heterocycles. The van der Waals surface area contributed by atoms with Gasteiger partial charge in [0.2, 0.25) is 5.91 Å². The normalized spacial score (nSPS) is 10.6. The summed E-state index contributed by atoms with van der Waals surface area (Å²) in [4.78, 5) is 28.5. The molecule has 1 aromatic heterocycles. The number of fused-ring (bicyclic) bond motifs is 1. The molecule has 3 rings (SSSR count). The van der Waals surface area contributed by atoms with E-state index in [1.54, 1.807) is 48.5 Å². The van der Waals surface area contributed by atoms with Crippen LogP contribution in [0.2, 0.25) is 5.02 Å². The van der Waals surface area contributed by atoms with Crippen molar-refractivity contribution < 1.29 is 4.79 Å². The first-order chi connectivity index (χ1) is 10.6. The van der Waals surface area contributed by atoms with Gasteiger partial charge in [0.1, 0.15) is 0 Å². The quantitative estimate of drug-likeness (QED) is 0.791. The van der Waals surface area contributed by atoms with Crippen molar-refractivity contribution in [3.63, 3.8) is 0 Å². The average Bonchev–Trinajstić information content (AvgIpc) is 2.49. The van der Waals surface area contributed by atoms with Crippen molar-refractivity contribution >= 4 is 28.4 Å². The molecule has 22 heavy (non-hydrogen) atoms. The fourth-order valence-electron chi connectivity index (χ4n) is 2.22. The molecule has 1 heterocycles. The van der Waals surface area contributed by atoms with Crippen molar-refractivity contribution in [3.05, 3.63) is 63.9 Å². The van der Waals surface area contributed by atoms with Crippen molar-refractivity contribution in [1.29, 1.82) is 0 Å². The van der Waals surface area contributed by atoms with Crippen LogP contribution in [0.5, 0.6) is 0 Å². The highest BCUT2D eigenvalue weighted by Crippen LogP contribution is 2.21. The minimum absolute atomic E-state index is 0.335. The molecule has 110 valence electrons. The van der Waals surface area contributed by atoms with E-state index < -0.39 is 0 Å². The summed E-state index contributed by atoms with van der Waals surface area (Å²) in [6.07, 6.45) is 0. The molecule has 0 aliphatic carbocycles. The molecule has 0 fully saturated rings. The second-order valence-electron chi connectivity index (χ2n) is 4.77. The number of amides is 1. The monoisotopic (exact) mass is 313 g/mol. The van der Waals surface area contributed by atoms with Gasteiger partial charge in [-0.25, -0.2) is 4.98 Å². The number of halogens is 1. The van der Waals surface area contributed by atoms with E-state index in [4.69, 9.17) is 11.6 Å². The zero-order valence-electron chi connectivity index (χ0n) is 11.7. The van der Waals surface area contributed by atoms with Gasteiger partial charge in [0.05, 0.1) is 10.9 Å². The fraction of sp³-hybridized carbons (Fsp3) is 0.0625. The molecular formula is C16H12ClN3O2. The number of nitrogens with zero attached hydrogens (tertiary/aromatic N) is 2. The van der Waals surface area contributed by atoms with Crippen LogP contribution in [0.3, 0.4) is 0 Å². The molecule has 2 aromatic carbocycles. The number of carbonyl (C=O) groups is 1. The number of hydrogen-bond donors (Lipinski definition) is 1. The summed E-state index contributed by atoms with van der Waals surface area (Å²) in [5.41, 5.74) is 3.38. The summed E-state index contributed by atoms with van der Waals surface area (Å²) in [6.45, 7) is 1.34. The number of rotatable bonds is 2. The maximum absolute atomic E-state index is 12.6. The molecule has 0 radical (unpaired) electrons. The Bertz CT molecular complexity index is 934. The van der Waals surface area contributed by atoms with Crippen LogP contribution in [0.25, 0.3) is 22.3 Å². The summed E-state index contributed by atoms with van der Waals surface area (Å²) in [5, 5.41) is 0.955. The zero-order chi connectivity index (χ0) is 15.7. The van der Waals surface area contributed by atoms with E-state index >= 15 is 0 Å². The Morgan fingerprint density at radius 1 is 1.18 bits per heavy atom. The van der Waals surface area contributed by atoms with Gasteiger partial charge in [-0.15, -0.1) is 0 Å². The third-order valence-electron chi connectivity index (χ3n) is 3.13. The van der Waals surface area contributed by atoms with Gasteiger partial charge in [0.25, 0.3) is 5.56 Å². The topological polar surface area (TPSA) is 64.0 Å². The number of carbonyl (C=O) groups excluding carboxylic acids is 1. The minimum atomic E-state index is -0.359. The van der Waals surface area contributed by atoms with Crippen molar-refractivity contribution in [3.8, 4) is 11.4 Å². The summed E-state index contributed by atoms with van der Waals surface area (Å²) < 4.78 is 1.15. The van der Waals surface area contributed by atoms with Gasteiger partial charge in [-0.05, 0) is 24.3 Å². The van der Waals surface area contributed by atoms with Crippen LogP contribution < -0.4 is 11.0 Å². The van der Waals surface area contributed by atoms with Crippen LogP contribution in [0.15, 0.2) is 53.3 Å². The molecule has 0 saturated carbocycles. The lowest BCUT2D eigenvalue weighted by Gasteiger charge is -2.13. The van der Waals surface area contributed by atoms with E-state index in [0.717, 1.165) is 4.68 Å². The third-order valence-corrected chi connectivity index (χ3v) is 3.36. The van der Waals surface area contributed by atoms with Crippen molar-refractivity contribution in [2.75, 3.05) is 5.43 Å². The molecule has 3 aromatic rings. The maximum atomic E-state index is 12.6. The molecule has 6 heteroatoms. The number of benzene rings is 2. The van der Waals surface area contributed by atoms with Crippen LogP contribution in [-0.4, -0.2) is 15.6 Å². The number of para-hydroxylation sites is 1. The van der Waals surface area contributed by atoms with Crippen LogP contribution in [-0.2, 0) is 4.79 Å². The molecular weight excluding hydrogens is 302 g/mol. The van der Waals surface area contributed by atoms with E-state index in [-0.39, 0.29) is 11.5 Å². The van der Waals surface area contributed by atoms with E-state index in [1.807, 2.05) is 0 Å². The van der Waals surface area contributed by atoms with Crippen LogP contribution >= 0.6 is 11.6 Å². The summed E-state index contributed by atoms with van der Waals surface area (Å²) in [6, 6.07) is 13.9. The molecule has 0 aliphatic heterocycles. The minimum Gasteiger partial charge on any atom is -0.274 e. The number of hydrogen-bond acceptors (Lipinski definition) is 3. The standard InChI is InChI=1S/C16H12ClN3O2/c1-10(21)19-20-15(11-5-4-6-12(17)9-11)18-14-8-3-2-7-13(14)16(20)22/h2-9H,1H3,(H,19,21). The Kier molecular flexibility index (Phi) is 3.65. The van der Waals surface area contributed by atoms with E-state index in [0.29, 0.717) is 27.3 Å². The van der Waals surface area contributed by atoms with E-state index in [9.17, 15) is 9.59 Å². The molecule has 0 bridgehead atoms. The lowest BCUT2D eigenvalue weighted by Crippen LogP contribution is -2.33. The van der Waals surface area contributed by atoms with E-state index in [2.05, 4.69) is 10.4 Å². The largest absolute Gasteiger partial charge is 0.280 e. The fourth-order valence-corrected chi connectivity index (χ4v) is 2.41. The molecule has 1 amide bonds. The summed E-state index contributed by atoms with van der Waals surface area (Å²) >= 11 is 6.01. The average molecular weight is 314 g/mol. The SMILES string of the molecule is CC(=O)Nn1c(-c2cccc(Cl)c2)nc2ccccc2c1=O. The maximum Gasteiger partial charge on any atom is 0.280 e. The third kappa shape index (κ3) is 2.58. The van der Waals surface area contributed by atoms with Gasteiger partial charge in [0.15, 0.2) is 5.82 Å². The number of nitrogens with one attached hydrogen (secondary N) is 1. The van der Waals surface area contributed by atoms with Gasteiger partial charge in [-0.3, -0.25) is 15.0 Å². The summed E-state index contributed by atoms with van der Waals surface area (Å²) in [5.74, 6) is -0.0242. The Labute approximate surface area is 131 Å².